The molecule has 4 rings (SSSR count). The lowest BCUT2D eigenvalue weighted by atomic mass is 9.86. The second-order valence-corrected chi connectivity index (χ2v) is 6.53. The van der Waals surface area contributed by atoms with Crippen molar-refractivity contribution in [3.8, 4) is 0 Å². The van der Waals surface area contributed by atoms with Crippen molar-refractivity contribution in [1.82, 2.24) is 5.32 Å². The van der Waals surface area contributed by atoms with Gasteiger partial charge in [-0.05, 0) is 42.0 Å². The molecule has 0 aromatic heterocycles. The van der Waals surface area contributed by atoms with Crippen LogP contribution in [0.3, 0.4) is 0 Å². The Hall–Kier alpha value is -1.69. The van der Waals surface area contributed by atoms with E-state index in [0.717, 1.165) is 22.3 Å². The van der Waals surface area contributed by atoms with E-state index in [1.165, 1.54) is 0 Å². The minimum atomic E-state index is -0.108. The van der Waals surface area contributed by atoms with Gasteiger partial charge in [-0.15, -0.1) is 0 Å². The van der Waals surface area contributed by atoms with Gasteiger partial charge in [-0.2, -0.15) is 0 Å². The molecule has 2 aromatic carbocycles. The molecule has 2 saturated heterocycles. The molecule has 0 radical (unpaired) electrons. The molecule has 2 aliphatic heterocycles. The zero-order chi connectivity index (χ0) is 15.1. The quantitative estimate of drug-likeness (QED) is 0.886. The smallest absolute Gasteiger partial charge is 0.255 e. The zero-order valence-corrected chi connectivity index (χ0v) is 13.3. The number of anilines is 1. The average molecular weight is 359 g/mol. The summed E-state index contributed by atoms with van der Waals surface area (Å²) in [4.78, 5) is 12.2. The molecule has 3 atom stereocenters. The number of hydrogen-bond acceptors (Lipinski definition) is 3. The number of nitrogens with one attached hydrogen (secondary N) is 2. The van der Waals surface area contributed by atoms with Gasteiger partial charge in [0.05, 0.1) is 12.1 Å². The van der Waals surface area contributed by atoms with Crippen molar-refractivity contribution in [1.29, 1.82) is 0 Å². The number of hydrogen-bond donors (Lipinski definition) is 2. The summed E-state index contributed by atoms with van der Waals surface area (Å²) in [7, 11) is 0. The second kappa shape index (κ2) is 5.50. The number of carbonyl (C=O) groups is 1. The lowest BCUT2D eigenvalue weighted by Gasteiger charge is -2.53. The van der Waals surface area contributed by atoms with Gasteiger partial charge in [-0.3, -0.25) is 4.79 Å². The van der Waals surface area contributed by atoms with E-state index in [4.69, 9.17) is 4.74 Å². The lowest BCUT2D eigenvalue weighted by Crippen LogP contribution is -2.69. The highest BCUT2D eigenvalue weighted by atomic mass is 79.9. The van der Waals surface area contributed by atoms with Crippen molar-refractivity contribution in [2.75, 3.05) is 11.9 Å². The molecule has 4 nitrogen and oxygen atoms in total. The van der Waals surface area contributed by atoms with Crippen LogP contribution < -0.4 is 10.6 Å². The van der Waals surface area contributed by atoms with Gasteiger partial charge in [0.15, 0.2) is 0 Å². The lowest BCUT2D eigenvalue weighted by molar-refractivity contribution is -0.203. The number of rotatable bonds is 3. The molecule has 2 aliphatic rings. The number of morpholine rings is 1. The molecule has 112 valence electrons. The molecule has 0 spiro atoms. The molecule has 1 amide bonds. The van der Waals surface area contributed by atoms with E-state index in [1.54, 1.807) is 0 Å². The van der Waals surface area contributed by atoms with Crippen molar-refractivity contribution < 1.29 is 9.53 Å². The highest BCUT2D eigenvalue weighted by molar-refractivity contribution is 9.10. The Morgan fingerprint density at radius 3 is 2.41 bits per heavy atom. The first kappa shape index (κ1) is 13.9. The molecule has 0 aliphatic carbocycles. The third-order valence-corrected chi connectivity index (χ3v) is 4.74. The van der Waals surface area contributed by atoms with Crippen LogP contribution in [0.5, 0.6) is 0 Å². The largest absolute Gasteiger partial charge is 0.365 e. The topological polar surface area (TPSA) is 50.4 Å². The van der Waals surface area contributed by atoms with E-state index in [9.17, 15) is 4.79 Å². The third-order valence-electron chi connectivity index (χ3n) is 4.21. The maximum absolute atomic E-state index is 12.2. The molecule has 2 heterocycles. The van der Waals surface area contributed by atoms with Gasteiger partial charge in [0.25, 0.3) is 5.91 Å². The predicted molar refractivity (Wildman–Crippen MR) is 87.9 cm³/mol. The summed E-state index contributed by atoms with van der Waals surface area (Å²) in [6.45, 7) is 0.953. The van der Waals surface area contributed by atoms with E-state index in [1.807, 2.05) is 48.5 Å². The third kappa shape index (κ3) is 2.45. The standard InChI is InChI=1S/C17H15BrN2O2/c18-12-5-7-13(8-6-12)20-17(21)11-3-1-10(2-4-11)16-15-14(22-16)9-19-15/h1-8,14-16,19H,9H2,(H,20,21)/t14?,15-,16+/m1/s1. The van der Waals surface area contributed by atoms with Crippen molar-refractivity contribution in [3.05, 3.63) is 64.1 Å². The van der Waals surface area contributed by atoms with Crippen LogP contribution in [-0.2, 0) is 4.74 Å². The molecular formula is C17H15BrN2O2. The molecule has 5 heteroatoms. The molecule has 2 aromatic rings. The van der Waals surface area contributed by atoms with Crippen LogP contribution in [0.25, 0.3) is 0 Å². The summed E-state index contributed by atoms with van der Waals surface area (Å²) < 4.78 is 6.75. The summed E-state index contributed by atoms with van der Waals surface area (Å²) in [5.41, 5.74) is 2.54. The minimum absolute atomic E-state index is 0.108. The van der Waals surface area contributed by atoms with Crippen LogP contribution in [0, 0.1) is 0 Å². The number of carbonyl (C=O) groups excluding carboxylic acids is 1. The van der Waals surface area contributed by atoms with Crippen LogP contribution in [-0.4, -0.2) is 24.6 Å². The maximum Gasteiger partial charge on any atom is 0.255 e. The predicted octanol–water partition coefficient (Wildman–Crippen LogP) is 3.11. The first-order valence-corrected chi connectivity index (χ1v) is 8.06. The summed E-state index contributed by atoms with van der Waals surface area (Å²) in [5, 5.41) is 6.25. The average Bonchev–Trinajstić information content (AvgIpc) is 2.52. The Bertz CT molecular complexity index is 700. The molecule has 0 saturated carbocycles. The van der Waals surface area contributed by atoms with E-state index in [2.05, 4.69) is 26.6 Å². The Kier molecular flexibility index (Phi) is 3.48. The van der Waals surface area contributed by atoms with Gasteiger partial charge in [0.2, 0.25) is 0 Å². The molecule has 0 bridgehead atoms. The van der Waals surface area contributed by atoms with Gasteiger partial charge in [-0.1, -0.05) is 28.1 Å². The van der Waals surface area contributed by atoms with Crippen LogP contribution in [0.4, 0.5) is 5.69 Å². The Labute approximate surface area is 137 Å². The molecule has 1 unspecified atom stereocenters. The minimum Gasteiger partial charge on any atom is -0.365 e. The van der Waals surface area contributed by atoms with Crippen molar-refractivity contribution in [2.45, 2.75) is 18.2 Å². The molecule has 2 fully saturated rings. The van der Waals surface area contributed by atoms with Crippen LogP contribution in [0.2, 0.25) is 0 Å². The maximum atomic E-state index is 12.2. The van der Waals surface area contributed by atoms with E-state index < -0.39 is 0 Å². The fraction of sp³-hybridized carbons (Fsp3) is 0.235. The number of fused-ring (bicyclic) bond motifs is 1. The summed E-state index contributed by atoms with van der Waals surface area (Å²) in [5.74, 6) is -0.108. The number of amides is 1. The van der Waals surface area contributed by atoms with Gasteiger partial charge >= 0.3 is 0 Å². The van der Waals surface area contributed by atoms with Crippen LogP contribution in [0.15, 0.2) is 53.0 Å². The molecule has 22 heavy (non-hydrogen) atoms. The molecule has 2 N–H and O–H groups in total. The number of benzene rings is 2. The van der Waals surface area contributed by atoms with Gasteiger partial charge in [-0.25, -0.2) is 0 Å². The van der Waals surface area contributed by atoms with Gasteiger partial charge in [0.1, 0.15) is 6.10 Å². The van der Waals surface area contributed by atoms with E-state index in [-0.39, 0.29) is 12.0 Å². The van der Waals surface area contributed by atoms with Gasteiger partial charge < -0.3 is 15.4 Å². The first-order valence-electron chi connectivity index (χ1n) is 7.26. The first-order chi connectivity index (χ1) is 10.7. The highest BCUT2D eigenvalue weighted by Crippen LogP contribution is 2.39. The molecular weight excluding hydrogens is 344 g/mol. The summed E-state index contributed by atoms with van der Waals surface area (Å²) in [6.07, 6.45) is 0.507. The highest BCUT2D eigenvalue weighted by Gasteiger charge is 2.49. The van der Waals surface area contributed by atoms with Crippen molar-refractivity contribution in [2.24, 2.45) is 0 Å². The summed E-state index contributed by atoms with van der Waals surface area (Å²) >= 11 is 3.37. The zero-order valence-electron chi connectivity index (χ0n) is 11.8. The fourth-order valence-electron chi connectivity index (χ4n) is 2.81. The van der Waals surface area contributed by atoms with Crippen molar-refractivity contribution in [3.63, 3.8) is 0 Å². The van der Waals surface area contributed by atoms with E-state index >= 15 is 0 Å². The van der Waals surface area contributed by atoms with Gasteiger partial charge in [0, 0.05) is 22.3 Å². The normalized spacial score (nSPS) is 25.6. The number of halogens is 1. The monoisotopic (exact) mass is 358 g/mol. The second-order valence-electron chi connectivity index (χ2n) is 5.61. The number of ether oxygens (including phenoxy) is 1. The Balaban J connectivity index is 1.43. The van der Waals surface area contributed by atoms with E-state index in [0.29, 0.717) is 17.7 Å². The Morgan fingerprint density at radius 1 is 1.14 bits per heavy atom. The van der Waals surface area contributed by atoms with Crippen LogP contribution >= 0.6 is 15.9 Å². The summed E-state index contributed by atoms with van der Waals surface area (Å²) in [6, 6.07) is 15.6. The van der Waals surface area contributed by atoms with Crippen LogP contribution in [0.1, 0.15) is 22.0 Å². The fourth-order valence-corrected chi connectivity index (χ4v) is 3.08. The SMILES string of the molecule is O=C(Nc1ccc(Br)cc1)c1ccc([C@@H]2OC3CN[C@H]32)cc1. The Morgan fingerprint density at radius 2 is 1.86 bits per heavy atom. The van der Waals surface area contributed by atoms with Crippen molar-refractivity contribution >= 4 is 27.5 Å².